The summed E-state index contributed by atoms with van der Waals surface area (Å²) in [5.74, 6) is 0.583. The average molecular weight is 262 g/mol. The standard InChI is InChI=1S/C15H15FOS/c1-3-11-8-10(2)15(14(16)9-11)17-12-4-6-13(18)7-5-12/h4-9,18H,3H2,1-2H3. The first-order valence-corrected chi connectivity index (χ1v) is 6.30. The molecule has 2 aromatic carbocycles. The van der Waals surface area contributed by atoms with E-state index >= 15 is 0 Å². The Bertz CT molecular complexity index is 526. The summed E-state index contributed by atoms with van der Waals surface area (Å²) in [7, 11) is 0. The smallest absolute Gasteiger partial charge is 0.166 e. The molecule has 0 heterocycles. The second-order valence-corrected chi connectivity index (χ2v) is 4.69. The van der Waals surface area contributed by atoms with Crippen LogP contribution in [0.5, 0.6) is 11.5 Å². The van der Waals surface area contributed by atoms with Gasteiger partial charge in [-0.1, -0.05) is 13.0 Å². The molecule has 0 bridgehead atoms. The molecule has 0 aromatic heterocycles. The van der Waals surface area contributed by atoms with Gasteiger partial charge in [0, 0.05) is 4.90 Å². The Morgan fingerprint density at radius 2 is 1.83 bits per heavy atom. The minimum Gasteiger partial charge on any atom is -0.454 e. The van der Waals surface area contributed by atoms with E-state index in [1.807, 2.05) is 32.0 Å². The second kappa shape index (κ2) is 5.44. The maximum absolute atomic E-state index is 13.9. The summed E-state index contributed by atoms with van der Waals surface area (Å²) in [5, 5.41) is 0. The number of halogens is 1. The quantitative estimate of drug-likeness (QED) is 0.783. The molecular weight excluding hydrogens is 247 g/mol. The SMILES string of the molecule is CCc1cc(C)c(Oc2ccc(S)cc2)c(F)c1. The number of rotatable bonds is 3. The highest BCUT2D eigenvalue weighted by Crippen LogP contribution is 2.29. The van der Waals surface area contributed by atoms with Gasteiger partial charge in [-0.3, -0.25) is 0 Å². The Hall–Kier alpha value is -1.48. The molecule has 0 saturated heterocycles. The zero-order valence-electron chi connectivity index (χ0n) is 10.4. The van der Waals surface area contributed by atoms with Gasteiger partial charge in [-0.05, 0) is 54.8 Å². The molecule has 2 rings (SSSR count). The molecular formula is C15H15FOS. The van der Waals surface area contributed by atoms with Gasteiger partial charge in [-0.2, -0.15) is 0 Å². The lowest BCUT2D eigenvalue weighted by Gasteiger charge is -2.11. The van der Waals surface area contributed by atoms with Crippen molar-refractivity contribution in [1.82, 2.24) is 0 Å². The van der Waals surface area contributed by atoms with E-state index in [9.17, 15) is 4.39 Å². The third kappa shape index (κ3) is 2.85. The lowest BCUT2D eigenvalue weighted by atomic mass is 10.1. The van der Waals surface area contributed by atoms with Crippen molar-refractivity contribution in [2.75, 3.05) is 0 Å². The van der Waals surface area contributed by atoms with Gasteiger partial charge in [0.25, 0.3) is 0 Å². The predicted molar refractivity (Wildman–Crippen MR) is 74.3 cm³/mol. The van der Waals surface area contributed by atoms with Crippen LogP contribution >= 0.6 is 12.6 Å². The topological polar surface area (TPSA) is 9.23 Å². The van der Waals surface area contributed by atoms with Crippen LogP contribution in [0.3, 0.4) is 0 Å². The van der Waals surface area contributed by atoms with E-state index in [1.54, 1.807) is 12.1 Å². The van der Waals surface area contributed by atoms with Crippen molar-refractivity contribution < 1.29 is 9.13 Å². The first kappa shape index (κ1) is 13.0. The van der Waals surface area contributed by atoms with Crippen LogP contribution in [-0.4, -0.2) is 0 Å². The molecule has 0 amide bonds. The summed E-state index contributed by atoms with van der Waals surface area (Å²) in [6.45, 7) is 3.85. The molecule has 0 aliphatic carbocycles. The van der Waals surface area contributed by atoms with Crippen LogP contribution in [-0.2, 0) is 6.42 Å². The van der Waals surface area contributed by atoms with Crippen molar-refractivity contribution >= 4 is 12.6 Å². The number of hydrogen-bond acceptors (Lipinski definition) is 2. The summed E-state index contributed by atoms with van der Waals surface area (Å²) in [4.78, 5) is 0.848. The number of ether oxygens (including phenoxy) is 1. The molecule has 3 heteroatoms. The van der Waals surface area contributed by atoms with Crippen LogP contribution in [0.4, 0.5) is 4.39 Å². The molecule has 18 heavy (non-hydrogen) atoms. The summed E-state index contributed by atoms with van der Waals surface area (Å²) >= 11 is 4.19. The Balaban J connectivity index is 2.31. The molecule has 0 unspecified atom stereocenters. The van der Waals surface area contributed by atoms with Gasteiger partial charge in [0.1, 0.15) is 5.75 Å². The van der Waals surface area contributed by atoms with Gasteiger partial charge < -0.3 is 4.74 Å². The van der Waals surface area contributed by atoms with Gasteiger partial charge in [0.15, 0.2) is 11.6 Å². The average Bonchev–Trinajstić information content (AvgIpc) is 2.35. The molecule has 0 fully saturated rings. The Kier molecular flexibility index (Phi) is 3.92. The first-order chi connectivity index (χ1) is 8.60. The highest BCUT2D eigenvalue weighted by Gasteiger charge is 2.10. The summed E-state index contributed by atoms with van der Waals surface area (Å²) in [6, 6.07) is 10.6. The maximum atomic E-state index is 13.9. The number of benzene rings is 2. The van der Waals surface area contributed by atoms with Crippen LogP contribution in [0.1, 0.15) is 18.1 Å². The van der Waals surface area contributed by atoms with Crippen LogP contribution in [0.2, 0.25) is 0 Å². The Morgan fingerprint density at radius 1 is 1.17 bits per heavy atom. The molecule has 0 atom stereocenters. The second-order valence-electron chi connectivity index (χ2n) is 4.17. The monoisotopic (exact) mass is 262 g/mol. The lowest BCUT2D eigenvalue weighted by Crippen LogP contribution is -1.94. The van der Waals surface area contributed by atoms with E-state index in [0.717, 1.165) is 22.4 Å². The molecule has 0 saturated carbocycles. The molecule has 0 aliphatic heterocycles. The van der Waals surface area contributed by atoms with Crippen molar-refractivity contribution in [2.45, 2.75) is 25.2 Å². The summed E-state index contributed by atoms with van der Waals surface area (Å²) in [5.41, 5.74) is 1.78. The lowest BCUT2D eigenvalue weighted by molar-refractivity contribution is 0.438. The van der Waals surface area contributed by atoms with E-state index in [1.165, 1.54) is 6.07 Å². The van der Waals surface area contributed by atoms with E-state index in [4.69, 9.17) is 4.74 Å². The fourth-order valence-corrected chi connectivity index (χ4v) is 1.92. The highest BCUT2D eigenvalue weighted by atomic mass is 32.1. The van der Waals surface area contributed by atoms with Crippen LogP contribution in [0.15, 0.2) is 41.3 Å². The van der Waals surface area contributed by atoms with Crippen molar-refractivity contribution in [3.8, 4) is 11.5 Å². The zero-order valence-corrected chi connectivity index (χ0v) is 11.3. The molecule has 0 spiro atoms. The van der Waals surface area contributed by atoms with Gasteiger partial charge in [0.2, 0.25) is 0 Å². The summed E-state index contributed by atoms with van der Waals surface area (Å²) < 4.78 is 19.5. The first-order valence-electron chi connectivity index (χ1n) is 5.86. The number of hydrogen-bond donors (Lipinski definition) is 1. The fraction of sp³-hybridized carbons (Fsp3) is 0.200. The van der Waals surface area contributed by atoms with Gasteiger partial charge >= 0.3 is 0 Å². The molecule has 0 radical (unpaired) electrons. The maximum Gasteiger partial charge on any atom is 0.166 e. The molecule has 2 aromatic rings. The fourth-order valence-electron chi connectivity index (χ4n) is 1.77. The van der Waals surface area contributed by atoms with Crippen LogP contribution in [0, 0.1) is 12.7 Å². The van der Waals surface area contributed by atoms with Crippen molar-refractivity contribution in [3.63, 3.8) is 0 Å². The third-order valence-electron chi connectivity index (χ3n) is 2.75. The third-order valence-corrected chi connectivity index (χ3v) is 3.05. The van der Waals surface area contributed by atoms with E-state index < -0.39 is 0 Å². The van der Waals surface area contributed by atoms with Crippen LogP contribution < -0.4 is 4.74 Å². The largest absolute Gasteiger partial charge is 0.454 e. The van der Waals surface area contributed by atoms with Gasteiger partial charge in [-0.25, -0.2) is 4.39 Å². The van der Waals surface area contributed by atoms with Crippen molar-refractivity contribution in [2.24, 2.45) is 0 Å². The van der Waals surface area contributed by atoms with Gasteiger partial charge in [0.05, 0.1) is 0 Å². The zero-order chi connectivity index (χ0) is 13.1. The van der Waals surface area contributed by atoms with Crippen molar-refractivity contribution in [1.29, 1.82) is 0 Å². The predicted octanol–water partition coefficient (Wildman–Crippen LogP) is 4.78. The van der Waals surface area contributed by atoms with Crippen molar-refractivity contribution in [3.05, 3.63) is 53.3 Å². The molecule has 0 aliphatic rings. The minimum absolute atomic E-state index is 0.291. The minimum atomic E-state index is -0.318. The molecule has 0 N–H and O–H groups in total. The van der Waals surface area contributed by atoms with Crippen LogP contribution in [0.25, 0.3) is 0 Å². The van der Waals surface area contributed by atoms with Gasteiger partial charge in [-0.15, -0.1) is 12.6 Å². The van der Waals surface area contributed by atoms with E-state index in [-0.39, 0.29) is 5.82 Å². The van der Waals surface area contributed by atoms with E-state index in [0.29, 0.717) is 11.5 Å². The summed E-state index contributed by atoms with van der Waals surface area (Å²) in [6.07, 6.45) is 0.812. The highest BCUT2D eigenvalue weighted by molar-refractivity contribution is 7.80. The normalized spacial score (nSPS) is 10.4. The molecule has 1 nitrogen and oxygen atoms in total. The Labute approximate surface area is 112 Å². The Morgan fingerprint density at radius 3 is 2.39 bits per heavy atom. The number of aryl methyl sites for hydroxylation is 2. The molecule has 94 valence electrons. The number of thiol groups is 1. The van der Waals surface area contributed by atoms with E-state index in [2.05, 4.69) is 12.6 Å².